The molecule has 10 bridgehead atoms. The number of carbonyl (C=O) groups excluding carboxylic acids is 7. The Morgan fingerprint density at radius 2 is 1.40 bits per heavy atom. The molecule has 1 unspecified atom stereocenters. The van der Waals surface area contributed by atoms with Crippen LogP contribution in [-0.4, -0.2) is 127 Å². The zero-order chi connectivity index (χ0) is 63.6. The number of nitrogens with one attached hydrogen (secondary N) is 5. The summed E-state index contributed by atoms with van der Waals surface area (Å²) in [5.41, 5.74) is 14.8. The number of aromatic hydroxyl groups is 1. The number of benzene rings is 2. The maximum atomic E-state index is 15.6. The number of amides is 7. The summed E-state index contributed by atoms with van der Waals surface area (Å²) in [6, 6.07) is 13.5. The minimum atomic E-state index is -1.44. The van der Waals surface area contributed by atoms with Crippen LogP contribution in [0.2, 0.25) is 0 Å². The number of hydrogen-bond acceptors (Lipinski definition) is 24. The summed E-state index contributed by atoms with van der Waals surface area (Å²) in [7, 11) is 0. The number of H-pyrrole nitrogens is 1. The molecule has 32 heteroatoms. The number of ether oxygens (including phenoxy) is 1. The lowest BCUT2D eigenvalue weighted by molar-refractivity contribution is -0.134. The van der Waals surface area contributed by atoms with Crippen molar-refractivity contribution in [3.63, 3.8) is 0 Å². The van der Waals surface area contributed by atoms with Crippen molar-refractivity contribution < 1.29 is 48.5 Å². The SMILES string of the molecule is Cc1sc2nc1C(=O)N[C@@H]([C@H](O)c1ccccc1)c1nc(cs1)C(=O)NC(Cc1ccc(O)cc1)C(=O)N1C[C@H](OC(=O)NCCc3cnc[nH]3)[C@H](C)[C@H]1c1nc(cs1)-c1nc(cs1)-c1nc(-c3nc(C(N)=O)cs3)ccc1-c1nc(cs1)C(=O)N[C@H]2CC(N)=O. The van der Waals surface area contributed by atoms with Crippen LogP contribution in [-0.2, 0) is 27.2 Å². The average Bonchev–Trinajstić information content (AvgIpc) is 1.67. The number of alkyl carbamates (subject to hydrolysis) is 1. The molecule has 11 N–H and O–H groups in total. The van der Waals surface area contributed by atoms with Crippen LogP contribution in [0.4, 0.5) is 4.79 Å². The van der Waals surface area contributed by atoms with E-state index in [1.807, 2.05) is 6.92 Å². The second-order valence-corrected chi connectivity index (χ2v) is 26.6. The Hall–Kier alpha value is -9.57. The van der Waals surface area contributed by atoms with Crippen LogP contribution in [0.1, 0.15) is 116 Å². The molecule has 12 rings (SSSR count). The fourth-order valence-electron chi connectivity index (χ4n) is 10.3. The number of thiazole rings is 6. The highest BCUT2D eigenvalue weighted by atomic mass is 32.1. The van der Waals surface area contributed by atoms with Crippen molar-refractivity contribution in [2.75, 3.05) is 13.1 Å². The highest BCUT2D eigenvalue weighted by molar-refractivity contribution is 7.15. The third-order valence-electron chi connectivity index (χ3n) is 14.9. The van der Waals surface area contributed by atoms with Crippen molar-refractivity contribution in [1.29, 1.82) is 0 Å². The van der Waals surface area contributed by atoms with Crippen LogP contribution in [0, 0.1) is 12.8 Å². The Labute approximate surface area is 540 Å². The third kappa shape index (κ3) is 13.5. The largest absolute Gasteiger partial charge is 0.508 e. The summed E-state index contributed by atoms with van der Waals surface area (Å²) in [5.74, 6) is -4.92. The Bertz CT molecular complexity index is 4370. The number of aromatic nitrogens is 9. The summed E-state index contributed by atoms with van der Waals surface area (Å²) < 4.78 is 6.10. The van der Waals surface area contributed by atoms with E-state index in [4.69, 9.17) is 36.1 Å². The van der Waals surface area contributed by atoms with Crippen LogP contribution in [0.15, 0.2) is 106 Å². The maximum Gasteiger partial charge on any atom is 0.407 e. The Morgan fingerprint density at radius 1 is 0.714 bits per heavy atom. The Balaban J connectivity index is 0.960. The Morgan fingerprint density at radius 3 is 2.14 bits per heavy atom. The lowest BCUT2D eigenvalue weighted by Gasteiger charge is -2.29. The fraction of sp³-hybridized carbons (Fsp3) is 0.237. The lowest BCUT2D eigenvalue weighted by Crippen LogP contribution is -2.50. The van der Waals surface area contributed by atoms with Crippen molar-refractivity contribution in [2.45, 2.75) is 69.5 Å². The number of aromatic amines is 1. The van der Waals surface area contributed by atoms with Crippen LogP contribution in [0.3, 0.4) is 0 Å². The molecule has 0 aliphatic carbocycles. The molecule has 10 aromatic rings. The van der Waals surface area contributed by atoms with Gasteiger partial charge in [0.05, 0.1) is 37.1 Å². The van der Waals surface area contributed by atoms with E-state index in [1.165, 1.54) is 62.2 Å². The molecule has 0 saturated carbocycles. The quantitative estimate of drug-likeness (QED) is 0.0589. The van der Waals surface area contributed by atoms with Gasteiger partial charge in [0.1, 0.15) is 99.9 Å². The molecule has 91 heavy (non-hydrogen) atoms. The van der Waals surface area contributed by atoms with Crippen LogP contribution < -0.4 is 32.7 Å². The summed E-state index contributed by atoms with van der Waals surface area (Å²) >= 11 is 6.80. The van der Waals surface area contributed by atoms with Gasteiger partial charge in [-0.1, -0.05) is 49.4 Å². The lowest BCUT2D eigenvalue weighted by atomic mass is 10.00. The zero-order valence-electron chi connectivity index (χ0n) is 47.8. The molecular formula is C59H52N16O10S6. The van der Waals surface area contributed by atoms with Gasteiger partial charge in [0.25, 0.3) is 23.6 Å². The number of imidazole rings is 1. The number of aliphatic hydroxyl groups is 1. The van der Waals surface area contributed by atoms with Gasteiger partial charge in [-0.25, -0.2) is 44.7 Å². The van der Waals surface area contributed by atoms with Crippen molar-refractivity contribution in [3.05, 3.63) is 166 Å². The first-order chi connectivity index (χ1) is 43.9. The first-order valence-electron chi connectivity index (χ1n) is 27.9. The topological polar surface area (TPSA) is 391 Å². The number of fused-ring (bicyclic) bond motifs is 16. The van der Waals surface area contributed by atoms with E-state index in [0.29, 0.717) is 70.8 Å². The maximum absolute atomic E-state index is 15.6. The number of nitrogens with two attached hydrogens (primary N) is 2. The van der Waals surface area contributed by atoms with E-state index < -0.39 is 90.3 Å². The first kappa shape index (κ1) is 61.7. The van der Waals surface area contributed by atoms with E-state index in [9.17, 15) is 39.0 Å². The number of nitrogens with zero attached hydrogens (tertiary/aromatic N) is 9. The highest BCUT2D eigenvalue weighted by Gasteiger charge is 2.48. The Kier molecular flexibility index (Phi) is 17.9. The van der Waals surface area contributed by atoms with Crippen molar-refractivity contribution in [1.82, 2.24) is 71.0 Å². The highest BCUT2D eigenvalue weighted by Crippen LogP contribution is 2.44. The van der Waals surface area contributed by atoms with Gasteiger partial charge in [0.2, 0.25) is 11.8 Å². The number of phenolic OH excluding ortho intramolecular Hbond substituents is 1. The molecule has 0 spiro atoms. The predicted molar refractivity (Wildman–Crippen MR) is 339 cm³/mol. The average molecular weight is 1340 g/mol. The molecular weight excluding hydrogens is 1290 g/mol. The number of carbonyl (C=O) groups is 7. The fourth-order valence-corrected chi connectivity index (χ4v) is 15.7. The van der Waals surface area contributed by atoms with Gasteiger partial charge < -0.3 is 57.6 Å². The predicted octanol–water partition coefficient (Wildman–Crippen LogP) is 7.09. The van der Waals surface area contributed by atoms with Crippen LogP contribution >= 0.6 is 68.0 Å². The normalized spacial score (nSPS) is 19.0. The second-order valence-electron chi connectivity index (χ2n) is 21.1. The monoisotopic (exact) mass is 1340 g/mol. The molecule has 2 aromatic carbocycles. The summed E-state index contributed by atoms with van der Waals surface area (Å²) in [5, 5.41) is 43.7. The standard InChI is InChI=1S/C59H52N16O10S6/c1-26-41(85-59(84)63-15-14-30-18-62-25-64-30)19-75-46(26)57-72-40(24-90-57)54-68-36(20-87-54)44-32(12-13-33(65-44)53-69-37(21-88-53)48(61)79)52-70-38(22-86-52)49(80)66-34(17-42(60)77)55-74-43(27(2)91-55)51(82)73-45(47(78)29-6-4-3-5-7-29)56-71-39(23-89-56)50(81)67-35(58(75)83)16-28-8-10-31(76)11-9-28/h3-13,18,20-26,34-35,41,45-47,76,78H,14-17,19H2,1-2H3,(H2,60,77)(H2,61,79)(H,62,64)(H,63,84)(H,66,80)(H,67,81)(H,73,82)/t26-,34-,35?,41-,45-,46-,47+/m0/s1. The van der Waals surface area contributed by atoms with Crippen LogP contribution in [0.25, 0.3) is 43.4 Å². The van der Waals surface area contributed by atoms with Crippen molar-refractivity contribution in [3.8, 4) is 49.1 Å². The number of primary amides is 2. The van der Waals surface area contributed by atoms with Gasteiger partial charge in [-0.05, 0) is 42.3 Å². The first-order valence-corrected chi connectivity index (χ1v) is 33.1. The minimum absolute atomic E-state index is 0.0249. The van der Waals surface area contributed by atoms with E-state index in [-0.39, 0.29) is 58.1 Å². The van der Waals surface area contributed by atoms with E-state index >= 15 is 4.79 Å². The molecule has 7 amide bonds. The summed E-state index contributed by atoms with van der Waals surface area (Å²) in [6.07, 6.45) is 0.0929. The minimum Gasteiger partial charge on any atom is -0.508 e. The smallest absolute Gasteiger partial charge is 0.407 e. The molecule has 8 aromatic heterocycles. The van der Waals surface area contributed by atoms with Gasteiger partial charge >= 0.3 is 6.09 Å². The van der Waals surface area contributed by atoms with Gasteiger partial charge in [-0.15, -0.1) is 68.0 Å². The van der Waals surface area contributed by atoms with E-state index in [1.54, 1.807) is 78.5 Å². The molecule has 7 atom stereocenters. The summed E-state index contributed by atoms with van der Waals surface area (Å²) in [6.45, 7) is 3.57. The van der Waals surface area contributed by atoms with Crippen molar-refractivity contribution >= 4 is 110 Å². The third-order valence-corrected chi connectivity index (χ3v) is 20.4. The molecule has 2 aliphatic rings. The van der Waals surface area contributed by atoms with E-state index in [2.05, 4.69) is 46.2 Å². The zero-order valence-corrected chi connectivity index (χ0v) is 52.7. The molecule has 10 heterocycles. The second kappa shape index (κ2) is 26.5. The molecule has 0 radical (unpaired) electrons. The molecule has 2 aliphatic heterocycles. The molecule has 1 saturated heterocycles. The number of hydrogen-bond donors (Lipinski definition) is 9. The molecule has 464 valence electrons. The van der Waals surface area contributed by atoms with Crippen LogP contribution in [0.5, 0.6) is 5.75 Å². The van der Waals surface area contributed by atoms with Gasteiger partial charge in [-0.2, -0.15) is 0 Å². The number of phenols is 1. The van der Waals surface area contributed by atoms with Gasteiger partial charge in [-0.3, -0.25) is 28.8 Å². The number of aryl methyl sites for hydroxylation is 1. The number of aliphatic hydroxyl groups excluding tert-OH is 1. The van der Waals surface area contributed by atoms with Gasteiger partial charge in [0, 0.05) is 74.5 Å². The van der Waals surface area contributed by atoms with E-state index in [0.717, 1.165) is 51.0 Å². The molecule has 1 fully saturated rings. The summed E-state index contributed by atoms with van der Waals surface area (Å²) in [4.78, 5) is 140. The number of pyridine rings is 1. The number of rotatable bonds is 12. The van der Waals surface area contributed by atoms with Crippen molar-refractivity contribution in [2.24, 2.45) is 17.4 Å². The van der Waals surface area contributed by atoms with Gasteiger partial charge in [0.15, 0.2) is 0 Å². The molecule has 26 nitrogen and oxygen atoms in total.